The van der Waals surface area contributed by atoms with Crippen molar-refractivity contribution in [2.24, 2.45) is 0 Å². The molecule has 1 amide bonds. The van der Waals surface area contributed by atoms with E-state index in [0.717, 1.165) is 5.56 Å². The van der Waals surface area contributed by atoms with Gasteiger partial charge in [-0.25, -0.2) is 13.2 Å². The van der Waals surface area contributed by atoms with Crippen molar-refractivity contribution in [2.75, 3.05) is 18.1 Å². The Balaban J connectivity index is 1.93. The highest BCUT2D eigenvalue weighted by molar-refractivity contribution is 7.91. The standard InChI is InChI=1S/C19H27NO6S/c1-5-20(16-10-11-27(23,24)12-16)18(21)14(3)26-19(22)15(4)25-17-8-6-13(2)7-9-17/h6-9,14-16H,5,10-12H2,1-4H3. The highest BCUT2D eigenvalue weighted by Crippen LogP contribution is 2.19. The predicted molar refractivity (Wildman–Crippen MR) is 101 cm³/mol. The van der Waals surface area contributed by atoms with Crippen LogP contribution in [0.15, 0.2) is 24.3 Å². The Morgan fingerprint density at radius 2 is 1.81 bits per heavy atom. The van der Waals surface area contributed by atoms with E-state index in [2.05, 4.69) is 0 Å². The fourth-order valence-corrected chi connectivity index (χ4v) is 4.77. The molecule has 1 aliphatic heterocycles. The lowest BCUT2D eigenvalue weighted by Gasteiger charge is -2.29. The molecule has 2 rings (SSSR count). The Morgan fingerprint density at radius 1 is 1.19 bits per heavy atom. The summed E-state index contributed by atoms with van der Waals surface area (Å²) in [6.45, 7) is 7.13. The third-order valence-corrected chi connectivity index (χ3v) is 6.33. The van der Waals surface area contributed by atoms with Crippen LogP contribution in [0, 0.1) is 6.92 Å². The van der Waals surface area contributed by atoms with Gasteiger partial charge in [0.2, 0.25) is 0 Å². The van der Waals surface area contributed by atoms with E-state index in [1.807, 2.05) is 19.1 Å². The third-order valence-electron chi connectivity index (χ3n) is 4.58. The van der Waals surface area contributed by atoms with Crippen molar-refractivity contribution in [3.63, 3.8) is 0 Å². The molecule has 0 saturated carbocycles. The number of hydrogen-bond donors (Lipinski definition) is 0. The van der Waals surface area contributed by atoms with Crippen LogP contribution in [-0.4, -0.2) is 61.5 Å². The molecule has 7 nitrogen and oxygen atoms in total. The Labute approximate surface area is 160 Å². The monoisotopic (exact) mass is 397 g/mol. The summed E-state index contributed by atoms with van der Waals surface area (Å²) in [6.07, 6.45) is -1.47. The van der Waals surface area contributed by atoms with Gasteiger partial charge in [0.1, 0.15) is 5.75 Å². The molecule has 1 aromatic carbocycles. The number of benzene rings is 1. The first-order chi connectivity index (χ1) is 12.6. The van der Waals surface area contributed by atoms with Crippen molar-refractivity contribution < 1.29 is 27.5 Å². The molecule has 1 aromatic rings. The van der Waals surface area contributed by atoms with E-state index in [1.165, 1.54) is 11.8 Å². The Bertz CT molecular complexity index is 774. The average molecular weight is 397 g/mol. The highest BCUT2D eigenvalue weighted by atomic mass is 32.2. The molecule has 8 heteroatoms. The Kier molecular flexibility index (Phi) is 6.86. The minimum Gasteiger partial charge on any atom is -0.479 e. The summed E-state index contributed by atoms with van der Waals surface area (Å²) < 4.78 is 34.2. The molecule has 3 unspecified atom stereocenters. The second kappa shape index (κ2) is 8.73. The van der Waals surface area contributed by atoms with Gasteiger partial charge in [-0.05, 0) is 46.2 Å². The van der Waals surface area contributed by atoms with Crippen LogP contribution in [-0.2, 0) is 24.2 Å². The van der Waals surface area contributed by atoms with Gasteiger partial charge in [0, 0.05) is 12.6 Å². The third kappa shape index (κ3) is 5.69. The molecule has 1 heterocycles. The minimum atomic E-state index is -3.11. The molecule has 0 spiro atoms. The number of sulfone groups is 1. The number of hydrogen-bond acceptors (Lipinski definition) is 6. The van der Waals surface area contributed by atoms with Crippen LogP contribution in [0.3, 0.4) is 0 Å². The molecule has 27 heavy (non-hydrogen) atoms. The molecular formula is C19H27NO6S. The van der Waals surface area contributed by atoms with E-state index >= 15 is 0 Å². The van der Waals surface area contributed by atoms with Crippen LogP contribution in [0.25, 0.3) is 0 Å². The maximum Gasteiger partial charge on any atom is 0.347 e. The van der Waals surface area contributed by atoms with E-state index in [0.29, 0.717) is 18.7 Å². The second-order valence-corrected chi connectivity index (χ2v) is 9.06. The SMILES string of the molecule is CCN(C(=O)C(C)OC(=O)C(C)Oc1ccc(C)cc1)C1CCS(=O)(=O)C1. The van der Waals surface area contributed by atoms with Crippen LogP contribution in [0.4, 0.5) is 0 Å². The molecular weight excluding hydrogens is 370 g/mol. The molecule has 1 fully saturated rings. The van der Waals surface area contributed by atoms with Crippen molar-refractivity contribution in [3.8, 4) is 5.75 Å². The summed E-state index contributed by atoms with van der Waals surface area (Å²) in [6, 6.07) is 6.89. The quantitative estimate of drug-likeness (QED) is 0.651. The zero-order chi connectivity index (χ0) is 20.2. The van der Waals surface area contributed by atoms with Crippen LogP contribution in [0.2, 0.25) is 0 Å². The molecule has 0 aliphatic carbocycles. The van der Waals surface area contributed by atoms with Gasteiger partial charge in [-0.2, -0.15) is 0 Å². The first-order valence-corrected chi connectivity index (χ1v) is 10.9. The lowest BCUT2D eigenvalue weighted by molar-refractivity contribution is -0.165. The van der Waals surface area contributed by atoms with Crippen LogP contribution in [0.5, 0.6) is 5.75 Å². The number of ether oxygens (including phenoxy) is 2. The average Bonchev–Trinajstić information content (AvgIpc) is 2.96. The largest absolute Gasteiger partial charge is 0.479 e. The van der Waals surface area contributed by atoms with Gasteiger partial charge in [0.15, 0.2) is 22.0 Å². The van der Waals surface area contributed by atoms with Crippen LogP contribution in [0.1, 0.15) is 32.8 Å². The maximum absolute atomic E-state index is 12.6. The van der Waals surface area contributed by atoms with E-state index in [4.69, 9.17) is 9.47 Å². The van der Waals surface area contributed by atoms with Gasteiger partial charge in [0.05, 0.1) is 11.5 Å². The molecule has 1 aliphatic rings. The first-order valence-electron chi connectivity index (χ1n) is 9.07. The number of nitrogens with zero attached hydrogens (tertiary/aromatic N) is 1. The molecule has 0 radical (unpaired) electrons. The number of amides is 1. The topological polar surface area (TPSA) is 90.0 Å². The summed E-state index contributed by atoms with van der Waals surface area (Å²) in [5.41, 5.74) is 1.07. The predicted octanol–water partition coefficient (Wildman–Crippen LogP) is 1.73. The van der Waals surface area contributed by atoms with Gasteiger partial charge in [-0.1, -0.05) is 17.7 Å². The summed E-state index contributed by atoms with van der Waals surface area (Å²) in [5.74, 6) is -0.464. The fraction of sp³-hybridized carbons (Fsp3) is 0.579. The zero-order valence-corrected chi connectivity index (χ0v) is 17.0. The lowest BCUT2D eigenvalue weighted by atomic mass is 10.2. The normalized spacial score (nSPS) is 20.5. The second-order valence-electron chi connectivity index (χ2n) is 6.83. The molecule has 150 valence electrons. The van der Waals surface area contributed by atoms with Gasteiger partial charge < -0.3 is 14.4 Å². The molecule has 0 N–H and O–H groups in total. The zero-order valence-electron chi connectivity index (χ0n) is 16.2. The summed E-state index contributed by atoms with van der Waals surface area (Å²) in [5, 5.41) is 0. The molecule has 0 bridgehead atoms. The maximum atomic E-state index is 12.6. The number of likely N-dealkylation sites (N-methyl/N-ethyl adjacent to an activating group) is 1. The number of aryl methyl sites for hydroxylation is 1. The number of rotatable bonds is 7. The van der Waals surface area contributed by atoms with Gasteiger partial charge in [-0.15, -0.1) is 0 Å². The van der Waals surface area contributed by atoms with E-state index < -0.39 is 33.9 Å². The van der Waals surface area contributed by atoms with Crippen molar-refractivity contribution in [1.82, 2.24) is 4.90 Å². The summed E-state index contributed by atoms with van der Waals surface area (Å²) in [7, 11) is -3.11. The molecule has 1 saturated heterocycles. The van der Waals surface area contributed by atoms with E-state index in [9.17, 15) is 18.0 Å². The van der Waals surface area contributed by atoms with Crippen LogP contribution < -0.4 is 4.74 Å². The van der Waals surface area contributed by atoms with Crippen molar-refractivity contribution >= 4 is 21.7 Å². The minimum absolute atomic E-state index is 0.0415. The van der Waals surface area contributed by atoms with E-state index in [1.54, 1.807) is 26.0 Å². The smallest absolute Gasteiger partial charge is 0.347 e. The fourth-order valence-electron chi connectivity index (χ4n) is 3.04. The highest BCUT2D eigenvalue weighted by Gasteiger charge is 2.36. The number of carbonyl (C=O) groups excluding carboxylic acids is 2. The molecule has 0 aromatic heterocycles. The van der Waals surface area contributed by atoms with Crippen molar-refractivity contribution in [3.05, 3.63) is 29.8 Å². The number of esters is 1. The summed E-state index contributed by atoms with van der Waals surface area (Å²) in [4.78, 5) is 26.4. The molecule has 3 atom stereocenters. The summed E-state index contributed by atoms with van der Waals surface area (Å²) >= 11 is 0. The Hall–Kier alpha value is -2.09. The van der Waals surface area contributed by atoms with Gasteiger partial charge in [-0.3, -0.25) is 4.79 Å². The van der Waals surface area contributed by atoms with Crippen LogP contribution >= 0.6 is 0 Å². The van der Waals surface area contributed by atoms with E-state index in [-0.39, 0.29) is 17.5 Å². The Morgan fingerprint density at radius 3 is 2.33 bits per heavy atom. The first kappa shape index (κ1) is 21.2. The van der Waals surface area contributed by atoms with Crippen molar-refractivity contribution in [1.29, 1.82) is 0 Å². The number of carbonyl (C=O) groups is 2. The van der Waals surface area contributed by atoms with Gasteiger partial charge >= 0.3 is 5.97 Å². The lowest BCUT2D eigenvalue weighted by Crippen LogP contribution is -2.47. The van der Waals surface area contributed by atoms with Gasteiger partial charge in [0.25, 0.3) is 5.91 Å². The van der Waals surface area contributed by atoms with Crippen molar-refractivity contribution in [2.45, 2.75) is 52.4 Å².